The number of allylic oxidation sites excluding steroid dienone is 5. The van der Waals surface area contributed by atoms with Crippen molar-refractivity contribution >= 4 is 5.97 Å². The highest BCUT2D eigenvalue weighted by Gasteiger charge is 2.17. The molecule has 0 aromatic heterocycles. The summed E-state index contributed by atoms with van der Waals surface area (Å²) in [5, 5.41) is 22.7. The zero-order valence-electron chi connectivity index (χ0n) is 12.5. The molecule has 7 nitrogen and oxygen atoms in total. The fraction of sp³-hybridized carbons (Fsp3) is 0.200. The molecule has 7 heteroatoms. The summed E-state index contributed by atoms with van der Waals surface area (Å²) in [5.74, 6) is -0.802. The van der Waals surface area contributed by atoms with E-state index in [2.05, 4.69) is 18.5 Å². The van der Waals surface area contributed by atoms with E-state index in [9.17, 15) is 14.9 Å². The van der Waals surface area contributed by atoms with Gasteiger partial charge in [-0.1, -0.05) is 25.3 Å². The van der Waals surface area contributed by atoms with Crippen molar-refractivity contribution in [2.45, 2.75) is 13.8 Å². The van der Waals surface area contributed by atoms with Gasteiger partial charge < -0.3 is 10.1 Å². The standard InChI is InChI=1S/C15H17N3O4/c1-5-8-9-13(14(6-2)18(20)21)17-11(4)12(10-16)15(19)22-7-3/h5-6,8-9,17H,1-2,7H2,3-4H3/b9-8-,12-11-,14-13-. The molecule has 0 aliphatic rings. The summed E-state index contributed by atoms with van der Waals surface area (Å²) in [6.07, 6.45) is 5.34. The number of hydrogen-bond acceptors (Lipinski definition) is 6. The van der Waals surface area contributed by atoms with E-state index in [-0.39, 0.29) is 29.3 Å². The molecule has 0 aliphatic carbocycles. The van der Waals surface area contributed by atoms with Crippen LogP contribution >= 0.6 is 0 Å². The predicted octanol–water partition coefficient (Wildman–Crippen LogP) is 2.35. The molecule has 0 aromatic carbocycles. The normalized spacial score (nSPS) is 12.6. The van der Waals surface area contributed by atoms with Crippen molar-refractivity contribution in [1.82, 2.24) is 5.32 Å². The molecule has 116 valence electrons. The van der Waals surface area contributed by atoms with Crippen LogP contribution in [-0.2, 0) is 9.53 Å². The van der Waals surface area contributed by atoms with Gasteiger partial charge in [-0.05, 0) is 19.9 Å². The first kappa shape index (κ1) is 18.9. The minimum absolute atomic E-state index is 0.0643. The van der Waals surface area contributed by atoms with Crippen LogP contribution in [0.3, 0.4) is 0 Å². The maximum Gasteiger partial charge on any atom is 0.350 e. The van der Waals surface area contributed by atoms with Crippen LogP contribution in [0.25, 0.3) is 0 Å². The molecule has 0 saturated heterocycles. The topological polar surface area (TPSA) is 105 Å². The van der Waals surface area contributed by atoms with Gasteiger partial charge in [0.05, 0.1) is 11.5 Å². The monoisotopic (exact) mass is 303 g/mol. The Balaban J connectivity index is 5.84. The number of hydrogen-bond donors (Lipinski definition) is 1. The third kappa shape index (κ3) is 5.46. The van der Waals surface area contributed by atoms with Crippen molar-refractivity contribution in [2.75, 3.05) is 6.61 Å². The number of rotatable bonds is 8. The van der Waals surface area contributed by atoms with E-state index < -0.39 is 10.9 Å². The van der Waals surface area contributed by atoms with Crippen LogP contribution in [0.5, 0.6) is 0 Å². The van der Waals surface area contributed by atoms with E-state index in [0.29, 0.717) is 0 Å². The Hall–Kier alpha value is -3.14. The zero-order valence-corrected chi connectivity index (χ0v) is 12.5. The highest BCUT2D eigenvalue weighted by atomic mass is 16.6. The number of carbonyl (C=O) groups is 1. The summed E-state index contributed by atoms with van der Waals surface area (Å²) in [5.41, 5.74) is -0.378. The zero-order chi connectivity index (χ0) is 17.1. The number of nitro groups is 1. The molecule has 0 atom stereocenters. The fourth-order valence-electron chi connectivity index (χ4n) is 1.39. The Bertz CT molecular complexity index is 607. The van der Waals surface area contributed by atoms with Crippen LogP contribution in [0.2, 0.25) is 0 Å². The number of nitriles is 1. The summed E-state index contributed by atoms with van der Waals surface area (Å²) in [6.45, 7) is 10.0. The summed E-state index contributed by atoms with van der Waals surface area (Å²) in [7, 11) is 0. The molecule has 0 radical (unpaired) electrons. The van der Waals surface area contributed by atoms with Crippen LogP contribution in [0.15, 0.2) is 60.1 Å². The van der Waals surface area contributed by atoms with Crippen molar-refractivity contribution in [2.24, 2.45) is 0 Å². The largest absolute Gasteiger partial charge is 0.462 e. The maximum absolute atomic E-state index is 11.6. The third-order valence-corrected chi connectivity index (χ3v) is 2.35. The first-order chi connectivity index (χ1) is 10.4. The molecular weight excluding hydrogens is 286 g/mol. The average Bonchev–Trinajstić information content (AvgIpc) is 2.45. The van der Waals surface area contributed by atoms with Crippen molar-refractivity contribution in [3.63, 3.8) is 0 Å². The Labute approximate surface area is 128 Å². The Morgan fingerprint density at radius 2 is 2.14 bits per heavy atom. The minimum atomic E-state index is -0.802. The number of esters is 1. The van der Waals surface area contributed by atoms with Crippen LogP contribution in [0.1, 0.15) is 13.8 Å². The lowest BCUT2D eigenvalue weighted by Gasteiger charge is -2.09. The molecule has 0 aromatic rings. The molecule has 0 spiro atoms. The molecule has 22 heavy (non-hydrogen) atoms. The number of ether oxygens (including phenoxy) is 1. The molecule has 0 rings (SSSR count). The van der Waals surface area contributed by atoms with Crippen molar-refractivity contribution in [3.05, 3.63) is 70.2 Å². The van der Waals surface area contributed by atoms with Crippen molar-refractivity contribution < 1.29 is 14.5 Å². The number of nitrogens with zero attached hydrogens (tertiary/aromatic N) is 2. The van der Waals surface area contributed by atoms with Gasteiger partial charge in [-0.15, -0.1) is 0 Å². The number of nitrogens with one attached hydrogen (secondary N) is 1. The molecule has 0 saturated carbocycles. The lowest BCUT2D eigenvalue weighted by atomic mass is 10.2. The van der Waals surface area contributed by atoms with Gasteiger partial charge in [-0.2, -0.15) is 5.26 Å². The molecular formula is C15H17N3O4. The number of carbonyl (C=O) groups excluding carboxylic acids is 1. The SMILES string of the molecule is C=C/C=C\C(N/C(C)=C(/C#N)C(=O)OCC)=C(/C=C)[N+](=O)[O-]. The Kier molecular flexibility index (Phi) is 8.33. The first-order valence-electron chi connectivity index (χ1n) is 6.28. The second-order valence-electron chi connectivity index (χ2n) is 3.81. The van der Waals surface area contributed by atoms with Gasteiger partial charge in [0, 0.05) is 11.8 Å². The molecule has 0 bridgehead atoms. The average molecular weight is 303 g/mol. The second kappa shape index (κ2) is 9.72. The fourth-order valence-corrected chi connectivity index (χ4v) is 1.39. The molecule has 0 amide bonds. The van der Waals surface area contributed by atoms with E-state index in [1.165, 1.54) is 25.2 Å². The van der Waals surface area contributed by atoms with Crippen molar-refractivity contribution in [1.29, 1.82) is 5.26 Å². The summed E-state index contributed by atoms with van der Waals surface area (Å²) in [4.78, 5) is 22.0. The van der Waals surface area contributed by atoms with Gasteiger partial charge >= 0.3 is 5.97 Å². The highest BCUT2D eigenvalue weighted by molar-refractivity contribution is 5.93. The van der Waals surface area contributed by atoms with Crippen LogP contribution in [0, 0.1) is 21.4 Å². The van der Waals surface area contributed by atoms with Gasteiger partial charge in [0.25, 0.3) is 5.70 Å². The first-order valence-corrected chi connectivity index (χ1v) is 6.28. The lowest BCUT2D eigenvalue weighted by molar-refractivity contribution is -0.420. The summed E-state index contributed by atoms with van der Waals surface area (Å²) < 4.78 is 4.75. The summed E-state index contributed by atoms with van der Waals surface area (Å²) in [6, 6.07) is 1.71. The second-order valence-corrected chi connectivity index (χ2v) is 3.81. The van der Waals surface area contributed by atoms with Gasteiger partial charge in [0.1, 0.15) is 11.8 Å². The minimum Gasteiger partial charge on any atom is -0.462 e. The lowest BCUT2D eigenvalue weighted by Crippen LogP contribution is -2.19. The summed E-state index contributed by atoms with van der Waals surface area (Å²) >= 11 is 0. The van der Waals surface area contributed by atoms with Gasteiger partial charge in [0.2, 0.25) is 0 Å². The highest BCUT2D eigenvalue weighted by Crippen LogP contribution is 2.11. The van der Waals surface area contributed by atoms with Crippen LogP contribution in [-0.4, -0.2) is 17.5 Å². The van der Waals surface area contributed by atoms with E-state index in [4.69, 9.17) is 10.00 Å². The van der Waals surface area contributed by atoms with E-state index >= 15 is 0 Å². The Morgan fingerprint density at radius 1 is 1.50 bits per heavy atom. The third-order valence-electron chi connectivity index (χ3n) is 2.35. The molecule has 0 unspecified atom stereocenters. The van der Waals surface area contributed by atoms with E-state index in [1.807, 2.05) is 0 Å². The molecule has 0 fully saturated rings. The quantitative estimate of drug-likeness (QED) is 0.184. The predicted molar refractivity (Wildman–Crippen MR) is 81.6 cm³/mol. The van der Waals surface area contributed by atoms with Crippen LogP contribution in [0.4, 0.5) is 0 Å². The van der Waals surface area contributed by atoms with Crippen molar-refractivity contribution in [3.8, 4) is 6.07 Å². The smallest absolute Gasteiger partial charge is 0.350 e. The molecule has 1 N–H and O–H groups in total. The Morgan fingerprint density at radius 3 is 2.55 bits per heavy atom. The van der Waals surface area contributed by atoms with Gasteiger partial charge in [-0.3, -0.25) is 10.1 Å². The van der Waals surface area contributed by atoms with Gasteiger partial charge in [-0.25, -0.2) is 4.79 Å². The van der Waals surface area contributed by atoms with Gasteiger partial charge in [0.15, 0.2) is 5.57 Å². The maximum atomic E-state index is 11.6. The molecule has 0 aliphatic heterocycles. The van der Waals surface area contributed by atoms with E-state index in [1.54, 1.807) is 13.0 Å². The van der Waals surface area contributed by atoms with E-state index in [0.717, 1.165) is 6.08 Å². The van der Waals surface area contributed by atoms with Crippen LogP contribution < -0.4 is 5.32 Å². The molecule has 0 heterocycles.